The summed E-state index contributed by atoms with van der Waals surface area (Å²) in [6.07, 6.45) is 1.71. The van der Waals surface area contributed by atoms with Crippen LogP contribution in [0.25, 0.3) is 22.0 Å². The molecular weight excluding hydrogens is 400 g/mol. The Morgan fingerprint density at radius 2 is 1.72 bits per heavy atom. The molecule has 144 valence electrons. The molecule has 0 aliphatic rings. The van der Waals surface area contributed by atoms with Crippen LogP contribution in [0.5, 0.6) is 0 Å². The summed E-state index contributed by atoms with van der Waals surface area (Å²) in [6, 6.07) is 24.0. The summed E-state index contributed by atoms with van der Waals surface area (Å²) in [4.78, 5) is 17.6. The number of hydrogen-bond acceptors (Lipinski definition) is 3. The summed E-state index contributed by atoms with van der Waals surface area (Å²) in [5, 5.41) is 1.73. The van der Waals surface area contributed by atoms with Crippen molar-refractivity contribution in [1.82, 2.24) is 9.55 Å². The van der Waals surface area contributed by atoms with E-state index in [0.29, 0.717) is 27.6 Å². The first-order valence-corrected chi connectivity index (χ1v) is 10.6. The highest BCUT2D eigenvalue weighted by Gasteiger charge is 2.11. The predicted octanol–water partition coefficient (Wildman–Crippen LogP) is 6.20. The van der Waals surface area contributed by atoms with Gasteiger partial charge in [-0.2, -0.15) is 0 Å². The van der Waals surface area contributed by atoms with Crippen LogP contribution in [-0.4, -0.2) is 9.55 Å². The lowest BCUT2D eigenvalue weighted by molar-refractivity contribution is 0.671. The van der Waals surface area contributed by atoms with Gasteiger partial charge in [0, 0.05) is 17.3 Å². The lowest BCUT2D eigenvalue weighted by Gasteiger charge is -2.12. The van der Waals surface area contributed by atoms with Crippen LogP contribution in [0.1, 0.15) is 5.56 Å². The summed E-state index contributed by atoms with van der Waals surface area (Å²) >= 11 is 7.60. The fraction of sp³-hybridized carbons (Fsp3) is 0.0833. The number of fused-ring (bicyclic) bond motifs is 1. The zero-order valence-corrected chi connectivity index (χ0v) is 17.3. The maximum atomic E-state index is 12.9. The van der Waals surface area contributed by atoms with Gasteiger partial charge in [-0.25, -0.2) is 4.98 Å². The molecule has 0 radical (unpaired) electrons. The van der Waals surface area contributed by atoms with E-state index in [2.05, 4.69) is 43.0 Å². The standard InChI is InChI=1S/C24H19ClN2OS/c1-2-14-27-23(28)21-15-20(25)12-13-22(21)26-24(27)29-16-17-8-10-19(11-9-17)18-6-4-3-5-7-18/h2-13,15H,1,14,16H2. The molecule has 5 heteroatoms. The van der Waals surface area contributed by atoms with E-state index in [1.165, 1.54) is 16.7 Å². The van der Waals surface area contributed by atoms with E-state index in [1.807, 2.05) is 18.2 Å². The van der Waals surface area contributed by atoms with Crippen molar-refractivity contribution in [2.24, 2.45) is 0 Å². The summed E-state index contributed by atoms with van der Waals surface area (Å²) in [5.41, 5.74) is 4.11. The molecule has 0 unspecified atom stereocenters. The van der Waals surface area contributed by atoms with Crippen LogP contribution in [0, 0.1) is 0 Å². The zero-order valence-electron chi connectivity index (χ0n) is 15.7. The van der Waals surface area contributed by atoms with Crippen molar-refractivity contribution in [3.05, 3.63) is 106 Å². The minimum absolute atomic E-state index is 0.0978. The average molecular weight is 419 g/mol. The van der Waals surface area contributed by atoms with Crippen molar-refractivity contribution >= 4 is 34.3 Å². The van der Waals surface area contributed by atoms with E-state index in [0.717, 1.165) is 5.75 Å². The molecule has 0 atom stereocenters. The summed E-state index contributed by atoms with van der Waals surface area (Å²) in [5.74, 6) is 0.720. The maximum Gasteiger partial charge on any atom is 0.262 e. The van der Waals surface area contributed by atoms with E-state index in [9.17, 15) is 4.79 Å². The first-order chi connectivity index (χ1) is 14.2. The first kappa shape index (κ1) is 19.5. The fourth-order valence-electron chi connectivity index (χ4n) is 3.14. The number of rotatable bonds is 6. The van der Waals surface area contributed by atoms with Crippen LogP contribution in [0.3, 0.4) is 0 Å². The van der Waals surface area contributed by atoms with Crippen molar-refractivity contribution in [2.45, 2.75) is 17.5 Å². The molecule has 0 amide bonds. The quantitative estimate of drug-likeness (QED) is 0.212. The third kappa shape index (κ3) is 4.29. The highest BCUT2D eigenvalue weighted by Crippen LogP contribution is 2.25. The Morgan fingerprint density at radius 1 is 1.00 bits per heavy atom. The molecule has 0 saturated carbocycles. The molecule has 0 bridgehead atoms. The van der Waals surface area contributed by atoms with Crippen LogP contribution < -0.4 is 5.56 Å². The van der Waals surface area contributed by atoms with Gasteiger partial charge >= 0.3 is 0 Å². The van der Waals surface area contributed by atoms with Gasteiger partial charge in [-0.3, -0.25) is 9.36 Å². The second-order valence-corrected chi connectivity index (χ2v) is 7.99. The molecule has 0 aliphatic carbocycles. The Kier molecular flexibility index (Phi) is 5.84. The van der Waals surface area contributed by atoms with E-state index in [-0.39, 0.29) is 5.56 Å². The molecule has 0 aliphatic heterocycles. The lowest BCUT2D eigenvalue weighted by atomic mass is 10.0. The van der Waals surface area contributed by atoms with Gasteiger partial charge in [-0.15, -0.1) is 6.58 Å². The fourth-order valence-corrected chi connectivity index (χ4v) is 4.28. The van der Waals surface area contributed by atoms with Crippen molar-refractivity contribution in [3.63, 3.8) is 0 Å². The molecule has 4 rings (SSSR count). The monoisotopic (exact) mass is 418 g/mol. The van der Waals surface area contributed by atoms with Gasteiger partial charge in [-0.1, -0.05) is 84.0 Å². The smallest absolute Gasteiger partial charge is 0.262 e. The maximum absolute atomic E-state index is 12.9. The van der Waals surface area contributed by atoms with Crippen molar-refractivity contribution in [2.75, 3.05) is 0 Å². The molecule has 0 spiro atoms. The zero-order chi connectivity index (χ0) is 20.2. The van der Waals surface area contributed by atoms with Crippen LogP contribution >= 0.6 is 23.4 Å². The number of halogens is 1. The van der Waals surface area contributed by atoms with Crippen LogP contribution in [-0.2, 0) is 12.3 Å². The molecular formula is C24H19ClN2OS. The number of nitrogens with zero attached hydrogens (tertiary/aromatic N) is 2. The minimum atomic E-state index is -0.0978. The lowest BCUT2D eigenvalue weighted by Crippen LogP contribution is -2.22. The first-order valence-electron chi connectivity index (χ1n) is 9.24. The van der Waals surface area contributed by atoms with Gasteiger partial charge in [0.05, 0.1) is 10.9 Å². The Hall–Kier alpha value is -2.82. The Labute approximate surface area is 178 Å². The van der Waals surface area contributed by atoms with Crippen molar-refractivity contribution in [3.8, 4) is 11.1 Å². The van der Waals surface area contributed by atoms with Gasteiger partial charge < -0.3 is 0 Å². The second-order valence-electron chi connectivity index (χ2n) is 6.61. The van der Waals surface area contributed by atoms with E-state index < -0.39 is 0 Å². The highest BCUT2D eigenvalue weighted by molar-refractivity contribution is 7.98. The summed E-state index contributed by atoms with van der Waals surface area (Å²) in [7, 11) is 0. The van der Waals surface area contributed by atoms with Gasteiger partial charge in [0.2, 0.25) is 0 Å². The Balaban J connectivity index is 1.60. The van der Waals surface area contributed by atoms with Gasteiger partial charge in [-0.05, 0) is 34.9 Å². The number of aromatic nitrogens is 2. The predicted molar refractivity (Wildman–Crippen MR) is 123 cm³/mol. The molecule has 3 nitrogen and oxygen atoms in total. The van der Waals surface area contributed by atoms with Crippen molar-refractivity contribution in [1.29, 1.82) is 0 Å². The Bertz CT molecular complexity index is 1220. The molecule has 0 saturated heterocycles. The molecule has 1 aromatic heterocycles. The molecule has 0 fully saturated rings. The average Bonchev–Trinajstić information content (AvgIpc) is 2.76. The second kappa shape index (κ2) is 8.68. The van der Waals surface area contributed by atoms with Crippen LogP contribution in [0.15, 0.2) is 95.4 Å². The number of thioether (sulfide) groups is 1. The molecule has 29 heavy (non-hydrogen) atoms. The molecule has 4 aromatic rings. The largest absolute Gasteiger partial charge is 0.283 e. The normalized spacial score (nSPS) is 10.9. The van der Waals surface area contributed by atoms with Crippen LogP contribution in [0.2, 0.25) is 5.02 Å². The van der Waals surface area contributed by atoms with E-state index >= 15 is 0 Å². The van der Waals surface area contributed by atoms with E-state index in [4.69, 9.17) is 16.6 Å². The number of benzene rings is 3. The Morgan fingerprint density at radius 3 is 2.45 bits per heavy atom. The minimum Gasteiger partial charge on any atom is -0.283 e. The van der Waals surface area contributed by atoms with Gasteiger partial charge in [0.15, 0.2) is 5.16 Å². The van der Waals surface area contributed by atoms with Gasteiger partial charge in [0.25, 0.3) is 5.56 Å². The van der Waals surface area contributed by atoms with Crippen molar-refractivity contribution < 1.29 is 0 Å². The topological polar surface area (TPSA) is 34.9 Å². The van der Waals surface area contributed by atoms with E-state index in [1.54, 1.807) is 40.6 Å². The highest BCUT2D eigenvalue weighted by atomic mass is 35.5. The molecule has 0 N–H and O–H groups in total. The van der Waals surface area contributed by atoms with Crippen LogP contribution in [0.4, 0.5) is 0 Å². The third-order valence-corrected chi connectivity index (χ3v) is 5.90. The SMILES string of the molecule is C=CCn1c(SCc2ccc(-c3ccccc3)cc2)nc2ccc(Cl)cc2c1=O. The summed E-state index contributed by atoms with van der Waals surface area (Å²) < 4.78 is 1.65. The molecule has 3 aromatic carbocycles. The van der Waals surface area contributed by atoms with Gasteiger partial charge in [0.1, 0.15) is 0 Å². The summed E-state index contributed by atoms with van der Waals surface area (Å²) in [6.45, 7) is 4.18. The number of hydrogen-bond donors (Lipinski definition) is 0. The number of allylic oxidation sites excluding steroid dienone is 1. The molecule has 1 heterocycles. The third-order valence-electron chi connectivity index (χ3n) is 4.62.